The largest absolute Gasteiger partial charge is 0.493 e. The molecule has 0 radical (unpaired) electrons. The fourth-order valence-electron chi connectivity index (χ4n) is 5.30. The molecule has 3 aliphatic heterocycles. The molecule has 0 saturated carbocycles. The Bertz CT molecular complexity index is 1380. The highest BCUT2D eigenvalue weighted by molar-refractivity contribution is 6.34. The van der Waals surface area contributed by atoms with Gasteiger partial charge in [0, 0.05) is 37.7 Å². The van der Waals surface area contributed by atoms with Gasteiger partial charge in [-0.15, -0.1) is 0 Å². The molecule has 0 aliphatic carbocycles. The Morgan fingerprint density at radius 1 is 1.13 bits per heavy atom. The van der Waals surface area contributed by atoms with Crippen LogP contribution in [0.5, 0.6) is 23.0 Å². The Morgan fingerprint density at radius 2 is 1.97 bits per heavy atom. The molecule has 6 rings (SSSR count). The van der Waals surface area contributed by atoms with Gasteiger partial charge in [-0.25, -0.2) is 0 Å². The average Bonchev–Trinajstić information content (AvgIpc) is 3.66. The van der Waals surface area contributed by atoms with Crippen molar-refractivity contribution in [3.63, 3.8) is 0 Å². The van der Waals surface area contributed by atoms with Gasteiger partial charge in [0.2, 0.25) is 6.79 Å². The number of nitriles is 1. The van der Waals surface area contributed by atoms with Gasteiger partial charge in [0.05, 0.1) is 47.0 Å². The van der Waals surface area contributed by atoms with E-state index in [2.05, 4.69) is 21.3 Å². The van der Waals surface area contributed by atoms with Gasteiger partial charge < -0.3 is 33.9 Å². The molecular weight excluding hydrogens is 520 g/mol. The number of hydrogen-bond acceptors (Lipinski definition) is 9. The van der Waals surface area contributed by atoms with Crippen molar-refractivity contribution in [2.75, 3.05) is 51.6 Å². The van der Waals surface area contributed by atoms with Gasteiger partial charge in [-0.05, 0) is 44.5 Å². The molecule has 1 N–H and O–H groups in total. The molecule has 0 atom stereocenters. The van der Waals surface area contributed by atoms with Gasteiger partial charge in [-0.3, -0.25) is 4.98 Å². The second-order valence-corrected chi connectivity index (χ2v) is 10.3. The first-order valence-corrected chi connectivity index (χ1v) is 13.9. The van der Waals surface area contributed by atoms with Crippen molar-refractivity contribution in [1.82, 2.24) is 9.88 Å². The number of ether oxygens (including phenoxy) is 5. The molecule has 0 amide bonds. The van der Waals surface area contributed by atoms with Crippen molar-refractivity contribution in [2.45, 2.75) is 38.2 Å². The number of fused-ring (bicyclic) bond motifs is 2. The number of benzene rings is 2. The average molecular weight is 551 g/mol. The van der Waals surface area contributed by atoms with Crippen LogP contribution in [0.1, 0.15) is 37.7 Å². The molecule has 0 bridgehead atoms. The molecular formula is C29H31ClN4O5. The van der Waals surface area contributed by atoms with Crippen LogP contribution in [0.2, 0.25) is 5.02 Å². The topological polar surface area (TPSA) is 98.1 Å². The van der Waals surface area contributed by atoms with E-state index in [9.17, 15) is 5.26 Å². The number of aromatic nitrogens is 1. The number of rotatable bonds is 9. The molecule has 10 heteroatoms. The molecule has 2 saturated heterocycles. The van der Waals surface area contributed by atoms with Crippen molar-refractivity contribution < 1.29 is 23.7 Å². The van der Waals surface area contributed by atoms with Crippen LogP contribution in [0.15, 0.2) is 30.5 Å². The zero-order valence-corrected chi connectivity index (χ0v) is 22.5. The summed E-state index contributed by atoms with van der Waals surface area (Å²) in [5, 5.41) is 14.5. The lowest BCUT2D eigenvalue weighted by Gasteiger charge is -2.25. The van der Waals surface area contributed by atoms with E-state index in [0.29, 0.717) is 75.7 Å². The van der Waals surface area contributed by atoms with Crippen LogP contribution in [-0.4, -0.2) is 62.2 Å². The summed E-state index contributed by atoms with van der Waals surface area (Å²) in [5.74, 6) is 2.37. The summed E-state index contributed by atoms with van der Waals surface area (Å²) in [4.78, 5) is 7.09. The number of likely N-dealkylation sites (tertiary alicyclic amines) is 1. The van der Waals surface area contributed by atoms with Gasteiger partial charge in [-0.2, -0.15) is 5.26 Å². The second kappa shape index (κ2) is 11.7. The van der Waals surface area contributed by atoms with E-state index in [-0.39, 0.29) is 12.9 Å². The molecule has 9 nitrogen and oxygen atoms in total. The fourth-order valence-corrected chi connectivity index (χ4v) is 5.50. The van der Waals surface area contributed by atoms with Gasteiger partial charge in [-0.1, -0.05) is 11.6 Å². The Balaban J connectivity index is 1.36. The molecule has 0 unspecified atom stereocenters. The van der Waals surface area contributed by atoms with E-state index >= 15 is 0 Å². The molecule has 2 aromatic carbocycles. The summed E-state index contributed by atoms with van der Waals surface area (Å²) in [6, 6.07) is 9.55. The maximum absolute atomic E-state index is 10.0. The molecule has 39 heavy (non-hydrogen) atoms. The van der Waals surface area contributed by atoms with Crippen molar-refractivity contribution in [2.24, 2.45) is 0 Å². The molecule has 3 aliphatic rings. The lowest BCUT2D eigenvalue weighted by molar-refractivity contribution is 0.0261. The highest BCUT2D eigenvalue weighted by Crippen LogP contribution is 2.47. The Hall–Kier alpha value is -3.45. The molecule has 3 aromatic rings. The van der Waals surface area contributed by atoms with Gasteiger partial charge in [0.15, 0.2) is 11.5 Å². The number of hydrogen-bond donors (Lipinski definition) is 1. The van der Waals surface area contributed by atoms with Crippen LogP contribution in [0.3, 0.4) is 0 Å². The summed E-state index contributed by atoms with van der Waals surface area (Å²) >= 11 is 6.58. The van der Waals surface area contributed by atoms with Crippen LogP contribution in [0.4, 0.5) is 11.4 Å². The first kappa shape index (κ1) is 25.8. The second-order valence-electron chi connectivity index (χ2n) is 9.94. The quantitative estimate of drug-likeness (QED) is 0.339. The van der Waals surface area contributed by atoms with Crippen molar-refractivity contribution >= 4 is 33.9 Å². The summed E-state index contributed by atoms with van der Waals surface area (Å²) in [6.07, 6.45) is 6.59. The lowest BCUT2D eigenvalue weighted by atomic mass is 10.1. The lowest BCUT2D eigenvalue weighted by Crippen LogP contribution is -2.26. The zero-order valence-electron chi connectivity index (χ0n) is 21.7. The predicted octanol–water partition coefficient (Wildman–Crippen LogP) is 5.65. The third-order valence-electron chi connectivity index (χ3n) is 7.31. The third-order valence-corrected chi connectivity index (χ3v) is 7.63. The first-order chi connectivity index (χ1) is 19.2. The van der Waals surface area contributed by atoms with Crippen LogP contribution < -0.4 is 24.3 Å². The van der Waals surface area contributed by atoms with E-state index in [1.54, 1.807) is 18.3 Å². The SMILES string of the molecule is N#Cc1cnc2cc(OCCCN3CCCC3)cc(OC3CCOCC3)c2c1Nc1c(Cl)ccc2c1OCO2. The molecule has 204 valence electrons. The smallest absolute Gasteiger partial charge is 0.231 e. The van der Waals surface area contributed by atoms with Crippen LogP contribution >= 0.6 is 11.6 Å². The normalized spacial score (nSPS) is 17.3. The van der Waals surface area contributed by atoms with Crippen molar-refractivity contribution in [3.8, 4) is 29.1 Å². The van der Waals surface area contributed by atoms with E-state index in [1.165, 1.54) is 25.9 Å². The number of nitrogens with one attached hydrogen (secondary N) is 1. The molecule has 2 fully saturated rings. The van der Waals surface area contributed by atoms with E-state index in [4.69, 9.17) is 35.3 Å². The van der Waals surface area contributed by atoms with Gasteiger partial charge in [0.1, 0.15) is 29.4 Å². The maximum atomic E-state index is 10.0. The van der Waals surface area contributed by atoms with E-state index in [0.717, 1.165) is 25.8 Å². The Kier molecular flexibility index (Phi) is 7.77. The van der Waals surface area contributed by atoms with Crippen LogP contribution in [0.25, 0.3) is 10.9 Å². The monoisotopic (exact) mass is 550 g/mol. The standard InChI is InChI=1S/C29H31ClN4O5/c30-22-4-5-24-29(38-18-37-24)28(22)33-27-19(16-31)17-32-23-14-21(36-11-3-10-34-8-1-2-9-34)15-25(26(23)27)39-20-6-12-35-13-7-20/h4-5,14-15,17,20H,1-3,6-13,18H2,(H,32,33). The number of pyridine rings is 1. The summed E-state index contributed by atoms with van der Waals surface area (Å²) in [7, 11) is 0. The van der Waals surface area contributed by atoms with Crippen molar-refractivity contribution in [3.05, 3.63) is 41.0 Å². The minimum absolute atomic E-state index is 0.0211. The highest BCUT2D eigenvalue weighted by atomic mass is 35.5. The van der Waals surface area contributed by atoms with Crippen LogP contribution in [0, 0.1) is 11.3 Å². The maximum Gasteiger partial charge on any atom is 0.231 e. The zero-order chi connectivity index (χ0) is 26.6. The summed E-state index contributed by atoms with van der Waals surface area (Å²) in [6.45, 7) is 5.37. The van der Waals surface area contributed by atoms with Gasteiger partial charge >= 0.3 is 0 Å². The predicted molar refractivity (Wildman–Crippen MR) is 148 cm³/mol. The minimum atomic E-state index is -0.0211. The number of anilines is 2. The third kappa shape index (κ3) is 5.64. The van der Waals surface area contributed by atoms with E-state index in [1.807, 2.05) is 12.1 Å². The fraction of sp³-hybridized carbons (Fsp3) is 0.448. The molecule has 1 aromatic heterocycles. The molecule has 0 spiro atoms. The Labute approximate surface area is 232 Å². The number of nitrogens with zero attached hydrogens (tertiary/aromatic N) is 3. The Morgan fingerprint density at radius 3 is 2.79 bits per heavy atom. The van der Waals surface area contributed by atoms with Crippen LogP contribution in [-0.2, 0) is 4.74 Å². The summed E-state index contributed by atoms with van der Waals surface area (Å²) in [5.41, 5.74) is 2.06. The number of halogens is 1. The minimum Gasteiger partial charge on any atom is -0.493 e. The van der Waals surface area contributed by atoms with Gasteiger partial charge in [0.25, 0.3) is 0 Å². The molecule has 4 heterocycles. The van der Waals surface area contributed by atoms with Crippen molar-refractivity contribution in [1.29, 1.82) is 5.26 Å². The van der Waals surface area contributed by atoms with E-state index < -0.39 is 0 Å². The highest BCUT2D eigenvalue weighted by Gasteiger charge is 2.25. The first-order valence-electron chi connectivity index (χ1n) is 13.5. The summed E-state index contributed by atoms with van der Waals surface area (Å²) < 4.78 is 29.5.